The van der Waals surface area contributed by atoms with Crippen molar-refractivity contribution in [3.63, 3.8) is 0 Å². The van der Waals surface area contributed by atoms with Crippen molar-refractivity contribution < 1.29 is 9.59 Å². The first-order valence-electron chi connectivity index (χ1n) is 8.49. The lowest BCUT2D eigenvalue weighted by Crippen LogP contribution is -2.49. The van der Waals surface area contributed by atoms with Gasteiger partial charge in [0.15, 0.2) is 0 Å². The first kappa shape index (κ1) is 18.0. The summed E-state index contributed by atoms with van der Waals surface area (Å²) in [6.45, 7) is 7.50. The summed E-state index contributed by atoms with van der Waals surface area (Å²) in [5, 5.41) is 6.95. The minimum absolute atomic E-state index is 0.0138. The number of aromatic amines is 1. The Morgan fingerprint density at radius 2 is 1.83 bits per heavy atom. The third-order valence-electron chi connectivity index (χ3n) is 3.99. The molecule has 0 bridgehead atoms. The molecule has 1 aromatic heterocycles. The van der Waals surface area contributed by atoms with Crippen LogP contribution in [0.4, 0.5) is 0 Å². The molecule has 1 aromatic carbocycles. The lowest BCUT2D eigenvalue weighted by molar-refractivity contribution is -0.128. The van der Waals surface area contributed by atoms with Crippen LogP contribution < -0.4 is 10.6 Å². The highest BCUT2D eigenvalue weighted by Crippen LogP contribution is 2.19. The number of rotatable bonds is 7. The smallest absolute Gasteiger partial charge is 0.242 e. The standard InChI is InChI=1S/C19H27N3O2/c1-12(2)9-18(22-14(4)23)19(24)21-13(3)10-15-11-20-17-8-6-5-7-16(15)17/h5-8,11-13,18,20H,9-10H2,1-4H3,(H,21,24)(H,22,23)/t13-,18-/m0/s1. The average Bonchev–Trinajstić information content (AvgIpc) is 2.89. The highest BCUT2D eigenvalue weighted by atomic mass is 16.2. The van der Waals surface area contributed by atoms with E-state index in [1.807, 2.05) is 45.2 Å². The van der Waals surface area contributed by atoms with E-state index in [2.05, 4.69) is 21.7 Å². The number of H-pyrrole nitrogens is 1. The number of amides is 2. The molecule has 0 aliphatic carbocycles. The van der Waals surface area contributed by atoms with Crippen LogP contribution in [-0.4, -0.2) is 28.9 Å². The maximum atomic E-state index is 12.5. The molecule has 1 heterocycles. The van der Waals surface area contributed by atoms with Crippen LogP contribution in [-0.2, 0) is 16.0 Å². The number of benzene rings is 1. The molecule has 0 aliphatic heterocycles. The van der Waals surface area contributed by atoms with Crippen LogP contribution in [0.15, 0.2) is 30.5 Å². The summed E-state index contributed by atoms with van der Waals surface area (Å²) in [6, 6.07) is 7.63. The summed E-state index contributed by atoms with van der Waals surface area (Å²) in [7, 11) is 0. The van der Waals surface area contributed by atoms with Gasteiger partial charge < -0.3 is 15.6 Å². The van der Waals surface area contributed by atoms with Crippen LogP contribution in [0, 0.1) is 5.92 Å². The highest BCUT2D eigenvalue weighted by Gasteiger charge is 2.22. The Balaban J connectivity index is 2.00. The zero-order valence-corrected chi connectivity index (χ0v) is 14.8. The van der Waals surface area contributed by atoms with E-state index in [-0.39, 0.29) is 17.9 Å². The second kappa shape index (κ2) is 7.99. The van der Waals surface area contributed by atoms with Gasteiger partial charge in [-0.2, -0.15) is 0 Å². The van der Waals surface area contributed by atoms with Gasteiger partial charge in [-0.25, -0.2) is 0 Å². The second-order valence-electron chi connectivity index (χ2n) is 6.86. The Morgan fingerprint density at radius 1 is 1.12 bits per heavy atom. The first-order valence-corrected chi connectivity index (χ1v) is 8.49. The number of aromatic nitrogens is 1. The van der Waals surface area contributed by atoms with Gasteiger partial charge in [0, 0.05) is 30.1 Å². The van der Waals surface area contributed by atoms with Gasteiger partial charge >= 0.3 is 0 Å². The molecule has 0 fully saturated rings. The predicted octanol–water partition coefficient (Wildman–Crippen LogP) is 2.77. The van der Waals surface area contributed by atoms with E-state index in [1.165, 1.54) is 17.9 Å². The summed E-state index contributed by atoms with van der Waals surface area (Å²) in [6.07, 6.45) is 3.36. The second-order valence-corrected chi connectivity index (χ2v) is 6.86. The van der Waals surface area contributed by atoms with Crippen molar-refractivity contribution in [3.05, 3.63) is 36.0 Å². The Kier molecular flexibility index (Phi) is 6.01. The number of carbonyl (C=O) groups excluding carboxylic acids is 2. The summed E-state index contributed by atoms with van der Waals surface area (Å²) < 4.78 is 0. The van der Waals surface area contributed by atoms with Gasteiger partial charge in [-0.05, 0) is 37.3 Å². The monoisotopic (exact) mass is 329 g/mol. The van der Waals surface area contributed by atoms with Crippen molar-refractivity contribution in [2.75, 3.05) is 0 Å². The number of fused-ring (bicyclic) bond motifs is 1. The van der Waals surface area contributed by atoms with Crippen LogP contribution in [0.5, 0.6) is 0 Å². The van der Waals surface area contributed by atoms with Gasteiger partial charge in [-0.1, -0.05) is 32.0 Å². The highest BCUT2D eigenvalue weighted by molar-refractivity contribution is 5.87. The maximum Gasteiger partial charge on any atom is 0.242 e. The summed E-state index contributed by atoms with van der Waals surface area (Å²) in [5.74, 6) is 0.0304. The largest absolute Gasteiger partial charge is 0.361 e. The van der Waals surface area contributed by atoms with Crippen molar-refractivity contribution in [3.8, 4) is 0 Å². The molecule has 2 amide bonds. The van der Waals surface area contributed by atoms with Crippen molar-refractivity contribution in [1.82, 2.24) is 15.6 Å². The third-order valence-corrected chi connectivity index (χ3v) is 3.99. The molecule has 0 spiro atoms. The van der Waals surface area contributed by atoms with E-state index >= 15 is 0 Å². The molecule has 5 nitrogen and oxygen atoms in total. The van der Waals surface area contributed by atoms with Crippen LogP contribution in [0.3, 0.4) is 0 Å². The normalized spacial score (nSPS) is 13.7. The minimum Gasteiger partial charge on any atom is -0.361 e. The molecule has 2 atom stereocenters. The van der Waals surface area contributed by atoms with Gasteiger partial charge in [0.25, 0.3) is 0 Å². The van der Waals surface area contributed by atoms with E-state index in [9.17, 15) is 9.59 Å². The number of carbonyl (C=O) groups is 2. The van der Waals surface area contributed by atoms with Crippen LogP contribution >= 0.6 is 0 Å². The van der Waals surface area contributed by atoms with E-state index in [0.717, 1.165) is 11.9 Å². The lowest BCUT2D eigenvalue weighted by atomic mass is 10.0. The molecule has 2 rings (SSSR count). The van der Waals surface area contributed by atoms with Gasteiger partial charge in [-0.3, -0.25) is 9.59 Å². The fourth-order valence-electron chi connectivity index (χ4n) is 2.97. The van der Waals surface area contributed by atoms with Gasteiger partial charge in [0.1, 0.15) is 6.04 Å². The Morgan fingerprint density at radius 3 is 2.50 bits per heavy atom. The number of nitrogens with one attached hydrogen (secondary N) is 3. The van der Waals surface area contributed by atoms with Crippen molar-refractivity contribution in [2.45, 2.75) is 52.6 Å². The minimum atomic E-state index is -0.479. The van der Waals surface area contributed by atoms with Crippen LogP contribution in [0.2, 0.25) is 0 Å². The SMILES string of the molecule is CC(=O)N[C@@H](CC(C)C)C(=O)N[C@@H](C)Cc1c[nH]c2ccccc12. The molecular weight excluding hydrogens is 302 g/mol. The summed E-state index contributed by atoms with van der Waals surface area (Å²) in [4.78, 5) is 27.1. The Labute approximate surface area is 143 Å². The summed E-state index contributed by atoms with van der Waals surface area (Å²) in [5.41, 5.74) is 2.28. The molecule has 0 saturated carbocycles. The van der Waals surface area contributed by atoms with E-state index in [1.54, 1.807) is 0 Å². The van der Waals surface area contributed by atoms with Crippen molar-refractivity contribution in [1.29, 1.82) is 0 Å². The zero-order valence-electron chi connectivity index (χ0n) is 14.8. The van der Waals surface area contributed by atoms with Gasteiger partial charge in [-0.15, -0.1) is 0 Å². The van der Waals surface area contributed by atoms with Gasteiger partial charge in [0.2, 0.25) is 11.8 Å². The van der Waals surface area contributed by atoms with Crippen LogP contribution in [0.25, 0.3) is 10.9 Å². The number of para-hydroxylation sites is 1. The molecule has 24 heavy (non-hydrogen) atoms. The summed E-state index contributed by atoms with van der Waals surface area (Å²) >= 11 is 0. The molecule has 0 unspecified atom stereocenters. The Hall–Kier alpha value is -2.30. The molecule has 130 valence electrons. The zero-order chi connectivity index (χ0) is 17.7. The van der Waals surface area contributed by atoms with Crippen molar-refractivity contribution >= 4 is 22.7 Å². The van der Waals surface area contributed by atoms with Gasteiger partial charge in [0.05, 0.1) is 0 Å². The molecule has 0 radical (unpaired) electrons. The van der Waals surface area contributed by atoms with E-state index in [0.29, 0.717) is 12.3 Å². The molecule has 2 aromatic rings. The topological polar surface area (TPSA) is 74.0 Å². The molecule has 0 saturated heterocycles. The fourth-order valence-corrected chi connectivity index (χ4v) is 2.97. The van der Waals surface area contributed by atoms with E-state index in [4.69, 9.17) is 0 Å². The van der Waals surface area contributed by atoms with Crippen molar-refractivity contribution in [2.24, 2.45) is 5.92 Å². The predicted molar refractivity (Wildman–Crippen MR) is 96.7 cm³/mol. The third kappa shape index (κ3) is 4.85. The first-order chi connectivity index (χ1) is 11.4. The van der Waals surface area contributed by atoms with Crippen LogP contribution in [0.1, 0.15) is 39.7 Å². The quantitative estimate of drug-likeness (QED) is 0.731. The molecule has 3 N–H and O–H groups in total. The maximum absolute atomic E-state index is 12.5. The molecule has 0 aliphatic rings. The molecule has 5 heteroatoms. The number of hydrogen-bond donors (Lipinski definition) is 3. The molecular formula is C19H27N3O2. The number of hydrogen-bond acceptors (Lipinski definition) is 2. The average molecular weight is 329 g/mol. The Bertz CT molecular complexity index is 705. The fraction of sp³-hybridized carbons (Fsp3) is 0.474. The lowest BCUT2D eigenvalue weighted by Gasteiger charge is -2.22. The van der Waals surface area contributed by atoms with E-state index < -0.39 is 6.04 Å².